The Morgan fingerprint density at radius 3 is 2.82 bits per heavy atom. The summed E-state index contributed by atoms with van der Waals surface area (Å²) in [6.07, 6.45) is 5.11. The fraction of sp³-hybridized carbons (Fsp3) is 0.500. The summed E-state index contributed by atoms with van der Waals surface area (Å²) in [5.41, 5.74) is 5.03. The Bertz CT molecular complexity index is 496. The number of halogens is 1. The fourth-order valence-electron chi connectivity index (χ4n) is 3.57. The van der Waals surface area contributed by atoms with Crippen LogP contribution in [0.3, 0.4) is 0 Å². The SMILES string of the molecule is CC1CC=C2c3ccc(I)cc3C(C)(C)C2C1. The summed E-state index contributed by atoms with van der Waals surface area (Å²) in [6, 6.07) is 6.97. The second-order valence-electron chi connectivity index (χ2n) is 6.20. The Balaban J connectivity index is 2.19. The van der Waals surface area contributed by atoms with Crippen molar-refractivity contribution in [2.45, 2.75) is 39.0 Å². The maximum atomic E-state index is 2.50. The predicted octanol–water partition coefficient (Wildman–Crippen LogP) is 5.01. The maximum absolute atomic E-state index is 2.50. The lowest BCUT2D eigenvalue weighted by atomic mass is 9.71. The van der Waals surface area contributed by atoms with Crippen LogP contribution in [0.2, 0.25) is 0 Å². The van der Waals surface area contributed by atoms with Gasteiger partial charge in [0.15, 0.2) is 0 Å². The van der Waals surface area contributed by atoms with Crippen LogP contribution in [0.4, 0.5) is 0 Å². The second kappa shape index (κ2) is 3.84. The smallest absolute Gasteiger partial charge is 0.0133 e. The zero-order chi connectivity index (χ0) is 12.2. The Morgan fingerprint density at radius 2 is 2.06 bits per heavy atom. The van der Waals surface area contributed by atoms with Crippen molar-refractivity contribution >= 4 is 28.2 Å². The van der Waals surface area contributed by atoms with E-state index in [4.69, 9.17) is 0 Å². The van der Waals surface area contributed by atoms with Gasteiger partial charge in [0.1, 0.15) is 0 Å². The molecule has 0 amide bonds. The third kappa shape index (κ3) is 1.69. The normalized spacial score (nSPS) is 29.5. The van der Waals surface area contributed by atoms with Gasteiger partial charge in [0, 0.05) is 3.57 Å². The summed E-state index contributed by atoms with van der Waals surface area (Å²) >= 11 is 2.43. The Labute approximate surface area is 118 Å². The molecule has 0 bridgehead atoms. The molecule has 2 unspecified atom stereocenters. The molecule has 2 atom stereocenters. The number of hydrogen-bond donors (Lipinski definition) is 0. The van der Waals surface area contributed by atoms with E-state index in [2.05, 4.69) is 67.6 Å². The molecule has 0 fully saturated rings. The second-order valence-corrected chi connectivity index (χ2v) is 7.45. The maximum Gasteiger partial charge on any atom is 0.0133 e. The van der Waals surface area contributed by atoms with Gasteiger partial charge in [-0.2, -0.15) is 0 Å². The van der Waals surface area contributed by atoms with Crippen LogP contribution in [0.25, 0.3) is 5.57 Å². The summed E-state index contributed by atoms with van der Waals surface area (Å²) in [5, 5.41) is 0. The number of allylic oxidation sites excluding steroid dienone is 2. The summed E-state index contributed by atoms with van der Waals surface area (Å²) < 4.78 is 1.36. The van der Waals surface area contributed by atoms with Crippen molar-refractivity contribution in [1.29, 1.82) is 0 Å². The van der Waals surface area contributed by atoms with Crippen LogP contribution in [-0.4, -0.2) is 0 Å². The van der Waals surface area contributed by atoms with Crippen molar-refractivity contribution in [3.05, 3.63) is 39.0 Å². The Hall–Kier alpha value is -0.310. The minimum absolute atomic E-state index is 0.316. The van der Waals surface area contributed by atoms with Gasteiger partial charge in [-0.25, -0.2) is 0 Å². The highest BCUT2D eigenvalue weighted by Crippen LogP contribution is 2.54. The van der Waals surface area contributed by atoms with E-state index >= 15 is 0 Å². The van der Waals surface area contributed by atoms with Gasteiger partial charge in [-0.3, -0.25) is 0 Å². The third-order valence-corrected chi connectivity index (χ3v) is 5.28. The summed E-state index contributed by atoms with van der Waals surface area (Å²) in [6.45, 7) is 7.23. The first-order valence-corrected chi connectivity index (χ1v) is 7.58. The molecule has 2 aliphatic rings. The molecule has 0 N–H and O–H groups in total. The molecule has 90 valence electrons. The Kier molecular flexibility index (Phi) is 2.66. The largest absolute Gasteiger partial charge is 0.0801 e. The molecule has 0 aliphatic heterocycles. The van der Waals surface area contributed by atoms with Crippen molar-refractivity contribution in [3.63, 3.8) is 0 Å². The van der Waals surface area contributed by atoms with Gasteiger partial charge >= 0.3 is 0 Å². The number of hydrogen-bond acceptors (Lipinski definition) is 0. The van der Waals surface area contributed by atoms with E-state index in [1.807, 2.05) is 0 Å². The molecule has 0 spiro atoms. The van der Waals surface area contributed by atoms with E-state index in [-0.39, 0.29) is 0 Å². The molecule has 0 saturated carbocycles. The molecular formula is C16H19I. The van der Waals surface area contributed by atoms with Crippen LogP contribution in [0, 0.1) is 15.4 Å². The van der Waals surface area contributed by atoms with Gasteiger partial charge in [0.2, 0.25) is 0 Å². The molecule has 0 radical (unpaired) electrons. The number of rotatable bonds is 0. The zero-order valence-corrected chi connectivity index (χ0v) is 12.9. The van der Waals surface area contributed by atoms with E-state index in [1.165, 1.54) is 22.0 Å². The highest BCUT2D eigenvalue weighted by atomic mass is 127. The summed E-state index contributed by atoms with van der Waals surface area (Å²) in [5.74, 6) is 1.58. The van der Waals surface area contributed by atoms with Gasteiger partial charge in [0.25, 0.3) is 0 Å². The van der Waals surface area contributed by atoms with E-state index < -0.39 is 0 Å². The van der Waals surface area contributed by atoms with Gasteiger partial charge in [-0.15, -0.1) is 0 Å². The zero-order valence-electron chi connectivity index (χ0n) is 10.8. The fourth-order valence-corrected chi connectivity index (χ4v) is 4.06. The third-order valence-electron chi connectivity index (χ3n) is 4.61. The first kappa shape index (κ1) is 11.8. The molecule has 2 aliphatic carbocycles. The van der Waals surface area contributed by atoms with Crippen LogP contribution in [0.1, 0.15) is 44.7 Å². The summed E-state index contributed by atoms with van der Waals surface area (Å²) in [7, 11) is 0. The Morgan fingerprint density at radius 1 is 1.29 bits per heavy atom. The molecule has 0 aromatic heterocycles. The molecule has 0 heterocycles. The highest BCUT2D eigenvalue weighted by molar-refractivity contribution is 14.1. The van der Waals surface area contributed by atoms with Crippen molar-refractivity contribution in [2.24, 2.45) is 11.8 Å². The predicted molar refractivity (Wildman–Crippen MR) is 82.1 cm³/mol. The van der Waals surface area contributed by atoms with Gasteiger partial charge in [0.05, 0.1) is 0 Å². The van der Waals surface area contributed by atoms with Crippen LogP contribution in [0.5, 0.6) is 0 Å². The van der Waals surface area contributed by atoms with Gasteiger partial charge in [-0.05, 0) is 81.5 Å². The van der Waals surface area contributed by atoms with E-state index in [9.17, 15) is 0 Å². The van der Waals surface area contributed by atoms with Crippen molar-refractivity contribution in [1.82, 2.24) is 0 Å². The molecule has 1 heteroatoms. The van der Waals surface area contributed by atoms with E-state index in [1.54, 1.807) is 11.1 Å². The van der Waals surface area contributed by atoms with Crippen LogP contribution in [0.15, 0.2) is 24.3 Å². The van der Waals surface area contributed by atoms with Crippen molar-refractivity contribution in [2.75, 3.05) is 0 Å². The monoisotopic (exact) mass is 338 g/mol. The first-order valence-electron chi connectivity index (χ1n) is 6.50. The highest BCUT2D eigenvalue weighted by Gasteiger charge is 2.44. The van der Waals surface area contributed by atoms with Crippen LogP contribution < -0.4 is 0 Å². The number of benzene rings is 1. The molecule has 0 saturated heterocycles. The lowest BCUT2D eigenvalue weighted by Gasteiger charge is -2.33. The lowest BCUT2D eigenvalue weighted by Crippen LogP contribution is -2.27. The molecule has 17 heavy (non-hydrogen) atoms. The molecule has 1 aromatic carbocycles. The minimum Gasteiger partial charge on any atom is -0.0801 e. The molecule has 0 nitrogen and oxygen atoms in total. The topological polar surface area (TPSA) is 0 Å². The average Bonchev–Trinajstić information content (AvgIpc) is 2.49. The molecule has 1 aromatic rings. The lowest BCUT2D eigenvalue weighted by molar-refractivity contribution is 0.328. The standard InChI is InChI=1S/C16H19I/c1-10-4-6-12-13-7-5-11(17)9-15(13)16(2,3)14(12)8-10/h5-7,9-10,14H,4,8H2,1-3H3. The van der Waals surface area contributed by atoms with Crippen LogP contribution in [-0.2, 0) is 5.41 Å². The molecule has 3 rings (SSSR count). The van der Waals surface area contributed by atoms with Gasteiger partial charge in [-0.1, -0.05) is 32.9 Å². The van der Waals surface area contributed by atoms with Crippen LogP contribution >= 0.6 is 22.6 Å². The van der Waals surface area contributed by atoms with Crippen molar-refractivity contribution in [3.8, 4) is 0 Å². The first-order chi connectivity index (χ1) is 8.00. The summed E-state index contributed by atoms with van der Waals surface area (Å²) in [4.78, 5) is 0. The minimum atomic E-state index is 0.316. The molecular weight excluding hydrogens is 319 g/mol. The van der Waals surface area contributed by atoms with E-state index in [0.717, 1.165) is 11.8 Å². The quantitative estimate of drug-likeness (QED) is 0.583. The van der Waals surface area contributed by atoms with Crippen molar-refractivity contribution < 1.29 is 0 Å². The average molecular weight is 338 g/mol. The van der Waals surface area contributed by atoms with E-state index in [0.29, 0.717) is 5.41 Å². The van der Waals surface area contributed by atoms with Gasteiger partial charge < -0.3 is 0 Å². The number of fused-ring (bicyclic) bond motifs is 3.